The summed E-state index contributed by atoms with van der Waals surface area (Å²) in [6, 6.07) is 8.78. The lowest BCUT2D eigenvalue weighted by Crippen LogP contribution is -2.54. The second-order valence-electron chi connectivity index (χ2n) is 7.14. The fourth-order valence-corrected chi connectivity index (χ4v) is 5.26. The van der Waals surface area contributed by atoms with Crippen LogP contribution in [0.25, 0.3) is 0 Å². The zero-order chi connectivity index (χ0) is 12.2. The fraction of sp³-hybridized carbons (Fsp3) is 0.647. The Kier molecular flexibility index (Phi) is 2.27. The van der Waals surface area contributed by atoms with Crippen LogP contribution in [-0.2, 0) is 0 Å². The normalized spacial score (nSPS) is 41.1. The number of rotatable bonds is 2. The maximum absolute atomic E-state index is 3.95. The second-order valence-corrected chi connectivity index (χ2v) is 7.14. The quantitative estimate of drug-likeness (QED) is 0.810. The third kappa shape index (κ3) is 1.67. The van der Waals surface area contributed by atoms with Crippen LogP contribution >= 0.6 is 0 Å². The first kappa shape index (κ1) is 10.9. The zero-order valence-electron chi connectivity index (χ0n) is 11.3. The van der Waals surface area contributed by atoms with Gasteiger partial charge in [0, 0.05) is 11.2 Å². The molecule has 4 aliphatic carbocycles. The van der Waals surface area contributed by atoms with E-state index in [9.17, 15) is 0 Å². The highest BCUT2D eigenvalue weighted by Gasteiger charge is 2.50. The van der Waals surface area contributed by atoms with Gasteiger partial charge >= 0.3 is 0 Å². The first-order valence-corrected chi connectivity index (χ1v) is 7.56. The standard InChI is InChI=1S/C17H23N/c1-12-4-2-3-5-16(12)18-17-9-13-6-14(10-17)8-15(7-13)11-17/h2-5,13-15,18H,6-11H2,1H3. The predicted molar refractivity (Wildman–Crippen MR) is 75.7 cm³/mol. The van der Waals surface area contributed by atoms with Crippen molar-refractivity contribution in [2.75, 3.05) is 5.32 Å². The van der Waals surface area contributed by atoms with Gasteiger partial charge in [-0.25, -0.2) is 0 Å². The Morgan fingerprint density at radius 2 is 1.50 bits per heavy atom. The molecule has 0 heterocycles. The summed E-state index contributed by atoms with van der Waals surface area (Å²) in [5.41, 5.74) is 3.22. The summed E-state index contributed by atoms with van der Waals surface area (Å²) in [6.07, 6.45) is 8.84. The van der Waals surface area contributed by atoms with Gasteiger partial charge in [0.15, 0.2) is 0 Å². The maximum Gasteiger partial charge on any atom is 0.0381 e. The molecule has 18 heavy (non-hydrogen) atoms. The maximum atomic E-state index is 3.95. The van der Waals surface area contributed by atoms with Gasteiger partial charge in [0.2, 0.25) is 0 Å². The SMILES string of the molecule is Cc1ccccc1NC12CC3CC(CC(C3)C1)C2. The van der Waals surface area contributed by atoms with Gasteiger partial charge in [-0.3, -0.25) is 0 Å². The summed E-state index contributed by atoms with van der Waals surface area (Å²) in [7, 11) is 0. The Balaban J connectivity index is 1.63. The summed E-state index contributed by atoms with van der Waals surface area (Å²) in [5.74, 6) is 3.06. The Labute approximate surface area is 110 Å². The summed E-state index contributed by atoms with van der Waals surface area (Å²) in [5, 5.41) is 3.95. The minimum Gasteiger partial charge on any atom is -0.379 e. The molecule has 0 aliphatic heterocycles. The smallest absolute Gasteiger partial charge is 0.0381 e. The van der Waals surface area contributed by atoms with E-state index in [-0.39, 0.29) is 0 Å². The molecular weight excluding hydrogens is 218 g/mol. The van der Waals surface area contributed by atoms with Crippen LogP contribution in [0.2, 0.25) is 0 Å². The molecule has 0 spiro atoms. The molecule has 0 unspecified atom stereocenters. The van der Waals surface area contributed by atoms with E-state index in [1.807, 2.05) is 0 Å². The van der Waals surface area contributed by atoms with Crippen LogP contribution in [0.1, 0.15) is 44.1 Å². The number of anilines is 1. The lowest BCUT2D eigenvalue weighted by atomic mass is 9.53. The van der Waals surface area contributed by atoms with E-state index in [2.05, 4.69) is 36.5 Å². The van der Waals surface area contributed by atoms with Crippen LogP contribution in [0.15, 0.2) is 24.3 Å². The molecule has 1 nitrogen and oxygen atoms in total. The van der Waals surface area contributed by atoms with Gasteiger partial charge in [-0.15, -0.1) is 0 Å². The Morgan fingerprint density at radius 1 is 0.944 bits per heavy atom. The molecule has 1 N–H and O–H groups in total. The lowest BCUT2D eigenvalue weighted by molar-refractivity contribution is 0.0107. The summed E-state index contributed by atoms with van der Waals surface area (Å²) in [4.78, 5) is 0. The number of hydrogen-bond acceptors (Lipinski definition) is 1. The summed E-state index contributed by atoms with van der Waals surface area (Å²) < 4.78 is 0. The van der Waals surface area contributed by atoms with Gasteiger partial charge in [0.25, 0.3) is 0 Å². The number of para-hydroxylation sites is 1. The number of aryl methyl sites for hydroxylation is 1. The van der Waals surface area contributed by atoms with Crippen molar-refractivity contribution in [2.24, 2.45) is 17.8 Å². The monoisotopic (exact) mass is 241 g/mol. The molecule has 0 aromatic heterocycles. The minimum atomic E-state index is 0.445. The zero-order valence-corrected chi connectivity index (χ0v) is 11.3. The van der Waals surface area contributed by atoms with Gasteiger partial charge in [-0.05, 0) is 74.8 Å². The third-order valence-electron chi connectivity index (χ3n) is 5.58. The molecule has 4 fully saturated rings. The van der Waals surface area contributed by atoms with Crippen molar-refractivity contribution in [1.82, 2.24) is 0 Å². The van der Waals surface area contributed by atoms with Crippen molar-refractivity contribution in [3.63, 3.8) is 0 Å². The van der Waals surface area contributed by atoms with Crippen LogP contribution < -0.4 is 5.32 Å². The fourth-order valence-electron chi connectivity index (χ4n) is 5.26. The van der Waals surface area contributed by atoms with Crippen LogP contribution in [0.4, 0.5) is 5.69 Å². The van der Waals surface area contributed by atoms with Crippen molar-refractivity contribution in [1.29, 1.82) is 0 Å². The van der Waals surface area contributed by atoms with Crippen LogP contribution in [0.3, 0.4) is 0 Å². The summed E-state index contributed by atoms with van der Waals surface area (Å²) in [6.45, 7) is 2.23. The van der Waals surface area contributed by atoms with E-state index in [4.69, 9.17) is 0 Å². The lowest BCUT2D eigenvalue weighted by Gasteiger charge is -2.57. The molecule has 5 rings (SSSR count). The van der Waals surface area contributed by atoms with Crippen molar-refractivity contribution < 1.29 is 0 Å². The first-order chi connectivity index (χ1) is 8.72. The molecule has 0 saturated heterocycles. The molecule has 0 atom stereocenters. The van der Waals surface area contributed by atoms with E-state index >= 15 is 0 Å². The van der Waals surface area contributed by atoms with E-state index in [0.29, 0.717) is 5.54 Å². The molecule has 4 bridgehead atoms. The molecule has 1 heteroatoms. The molecule has 96 valence electrons. The van der Waals surface area contributed by atoms with E-state index in [0.717, 1.165) is 17.8 Å². The minimum absolute atomic E-state index is 0.445. The van der Waals surface area contributed by atoms with Gasteiger partial charge in [-0.2, -0.15) is 0 Å². The van der Waals surface area contributed by atoms with Crippen molar-refractivity contribution in [2.45, 2.75) is 51.0 Å². The highest BCUT2D eigenvalue weighted by atomic mass is 15.0. The predicted octanol–water partition coefficient (Wildman–Crippen LogP) is 4.38. The topological polar surface area (TPSA) is 12.0 Å². The number of hydrogen-bond donors (Lipinski definition) is 1. The second kappa shape index (κ2) is 3.76. The number of nitrogens with one attached hydrogen (secondary N) is 1. The van der Waals surface area contributed by atoms with Crippen molar-refractivity contribution in [3.8, 4) is 0 Å². The Bertz CT molecular complexity index is 427. The molecule has 4 saturated carbocycles. The molecular formula is C17H23N. The average Bonchev–Trinajstić information content (AvgIpc) is 2.30. The highest BCUT2D eigenvalue weighted by Crippen LogP contribution is 2.56. The van der Waals surface area contributed by atoms with Crippen molar-refractivity contribution >= 4 is 5.69 Å². The van der Waals surface area contributed by atoms with Gasteiger partial charge in [-0.1, -0.05) is 18.2 Å². The third-order valence-corrected chi connectivity index (χ3v) is 5.58. The van der Waals surface area contributed by atoms with Crippen LogP contribution in [0.5, 0.6) is 0 Å². The number of benzene rings is 1. The first-order valence-electron chi connectivity index (χ1n) is 7.56. The van der Waals surface area contributed by atoms with E-state index in [1.54, 1.807) is 0 Å². The van der Waals surface area contributed by atoms with Gasteiger partial charge in [0.1, 0.15) is 0 Å². The van der Waals surface area contributed by atoms with Gasteiger partial charge < -0.3 is 5.32 Å². The van der Waals surface area contributed by atoms with Crippen LogP contribution in [0, 0.1) is 24.7 Å². The molecule has 1 aromatic carbocycles. The molecule has 0 radical (unpaired) electrons. The Hall–Kier alpha value is -0.980. The Morgan fingerprint density at radius 3 is 2.06 bits per heavy atom. The highest BCUT2D eigenvalue weighted by molar-refractivity contribution is 5.52. The molecule has 0 amide bonds. The van der Waals surface area contributed by atoms with Crippen LogP contribution in [-0.4, -0.2) is 5.54 Å². The molecule has 4 aliphatic rings. The average molecular weight is 241 g/mol. The van der Waals surface area contributed by atoms with Crippen molar-refractivity contribution in [3.05, 3.63) is 29.8 Å². The van der Waals surface area contributed by atoms with E-state index in [1.165, 1.54) is 49.8 Å². The van der Waals surface area contributed by atoms with E-state index < -0.39 is 0 Å². The summed E-state index contributed by atoms with van der Waals surface area (Å²) >= 11 is 0. The van der Waals surface area contributed by atoms with Gasteiger partial charge in [0.05, 0.1) is 0 Å². The largest absolute Gasteiger partial charge is 0.379 e. The molecule has 1 aromatic rings.